The molecule has 0 unspecified atom stereocenters. The predicted molar refractivity (Wildman–Crippen MR) is 83.1 cm³/mol. The zero-order valence-electron chi connectivity index (χ0n) is 13.6. The van der Waals surface area contributed by atoms with E-state index < -0.39 is 42.2 Å². The molecule has 0 saturated carbocycles. The van der Waals surface area contributed by atoms with Crippen LogP contribution in [-0.2, 0) is 20.8 Å². The van der Waals surface area contributed by atoms with Crippen molar-refractivity contribution in [1.82, 2.24) is 5.32 Å². The molecule has 0 radical (unpaired) electrons. The van der Waals surface area contributed by atoms with Gasteiger partial charge in [-0.2, -0.15) is 13.2 Å². The average Bonchev–Trinajstić information content (AvgIpc) is 2.53. The number of benzene rings is 1. The number of nitrogens with one attached hydrogen (secondary N) is 1. The van der Waals surface area contributed by atoms with Crippen LogP contribution in [0, 0.1) is 0 Å². The number of rotatable bonds is 6. The van der Waals surface area contributed by atoms with Crippen molar-refractivity contribution in [3.8, 4) is 0 Å². The Morgan fingerprint density at radius 2 is 1.62 bits per heavy atom. The van der Waals surface area contributed by atoms with Gasteiger partial charge in [0.25, 0.3) is 0 Å². The van der Waals surface area contributed by atoms with Gasteiger partial charge < -0.3 is 26.4 Å². The third-order valence-corrected chi connectivity index (χ3v) is 2.96. The number of carbonyl (C=O) groups is 3. The summed E-state index contributed by atoms with van der Waals surface area (Å²) in [5, 5.41) is 27.7. The molecule has 11 heteroatoms. The summed E-state index contributed by atoms with van der Waals surface area (Å²) in [7, 11) is 0. The number of alkyl halides is 3. The lowest BCUT2D eigenvalue weighted by molar-refractivity contribution is -0.192. The third kappa shape index (κ3) is 8.99. The largest absolute Gasteiger partial charge is 0.490 e. The zero-order valence-corrected chi connectivity index (χ0v) is 13.6. The quantitative estimate of drug-likeness (QED) is 0.471. The maximum atomic E-state index is 11.6. The monoisotopic (exact) mass is 380 g/mol. The molecule has 0 bridgehead atoms. The second-order valence-corrected chi connectivity index (χ2v) is 5.16. The highest BCUT2D eigenvalue weighted by atomic mass is 19.4. The predicted octanol–water partition coefficient (Wildman–Crippen LogP) is 0.140. The van der Waals surface area contributed by atoms with Crippen molar-refractivity contribution in [3.63, 3.8) is 0 Å². The number of hydrogen-bond donors (Lipinski definition) is 5. The highest BCUT2D eigenvalue weighted by Gasteiger charge is 2.38. The Hall–Kier alpha value is -2.66. The Labute approximate surface area is 146 Å². The van der Waals surface area contributed by atoms with E-state index in [0.717, 1.165) is 5.56 Å². The lowest BCUT2D eigenvalue weighted by Crippen LogP contribution is -2.52. The SMILES string of the molecule is C[C@@H](O)[C@H](N)C(=O)N[C@@H](Cc1ccccc1)C(=O)O.O=C(O)C(F)(F)F. The number of carboxylic acids is 2. The van der Waals surface area contributed by atoms with Crippen LogP contribution in [0.15, 0.2) is 30.3 Å². The molecule has 0 aromatic heterocycles. The van der Waals surface area contributed by atoms with Crippen molar-refractivity contribution in [2.75, 3.05) is 0 Å². The standard InChI is InChI=1S/C13H18N2O4.C2HF3O2/c1-8(16)11(14)12(17)15-10(13(18)19)7-9-5-3-2-4-6-9;3-2(4,5)1(6)7/h2-6,8,10-11,16H,7,14H2,1H3,(H,15,17)(H,18,19);(H,6,7)/t8-,10+,11+;/m1./s1. The number of aliphatic hydroxyl groups is 1. The smallest absolute Gasteiger partial charge is 0.480 e. The van der Waals surface area contributed by atoms with Gasteiger partial charge >= 0.3 is 18.1 Å². The molecule has 0 aliphatic heterocycles. The fourth-order valence-electron chi connectivity index (χ4n) is 1.54. The van der Waals surface area contributed by atoms with Crippen molar-refractivity contribution in [1.29, 1.82) is 0 Å². The minimum absolute atomic E-state index is 0.161. The summed E-state index contributed by atoms with van der Waals surface area (Å²) in [4.78, 5) is 31.6. The normalized spacial score (nSPS) is 14.2. The second-order valence-electron chi connectivity index (χ2n) is 5.16. The van der Waals surface area contributed by atoms with E-state index in [9.17, 15) is 27.9 Å². The molecule has 0 aliphatic rings. The fraction of sp³-hybridized carbons (Fsp3) is 0.400. The highest BCUT2D eigenvalue weighted by molar-refractivity contribution is 5.87. The summed E-state index contributed by atoms with van der Waals surface area (Å²) < 4.78 is 31.7. The minimum atomic E-state index is -5.08. The molecule has 0 fully saturated rings. The summed E-state index contributed by atoms with van der Waals surface area (Å²) in [5.41, 5.74) is 6.24. The van der Waals surface area contributed by atoms with Crippen molar-refractivity contribution < 1.29 is 42.9 Å². The third-order valence-electron chi connectivity index (χ3n) is 2.96. The van der Waals surface area contributed by atoms with Gasteiger partial charge in [-0.15, -0.1) is 0 Å². The fourth-order valence-corrected chi connectivity index (χ4v) is 1.54. The number of carboxylic acid groups (broad SMARTS) is 2. The summed E-state index contributed by atoms with van der Waals surface area (Å²) >= 11 is 0. The Balaban J connectivity index is 0.000000758. The van der Waals surface area contributed by atoms with Gasteiger partial charge in [-0.1, -0.05) is 30.3 Å². The van der Waals surface area contributed by atoms with Crippen LogP contribution in [0.25, 0.3) is 0 Å². The number of halogens is 3. The Morgan fingerprint density at radius 1 is 1.15 bits per heavy atom. The summed E-state index contributed by atoms with van der Waals surface area (Å²) in [6, 6.07) is 6.74. The molecule has 8 nitrogen and oxygen atoms in total. The zero-order chi connectivity index (χ0) is 20.5. The maximum absolute atomic E-state index is 11.6. The Kier molecular flexibility index (Phi) is 9.30. The highest BCUT2D eigenvalue weighted by Crippen LogP contribution is 2.13. The van der Waals surface area contributed by atoms with Gasteiger partial charge in [0.1, 0.15) is 12.1 Å². The molecular weight excluding hydrogens is 361 g/mol. The molecule has 6 N–H and O–H groups in total. The van der Waals surface area contributed by atoms with Crippen LogP contribution in [0.1, 0.15) is 12.5 Å². The van der Waals surface area contributed by atoms with E-state index in [-0.39, 0.29) is 6.42 Å². The van der Waals surface area contributed by atoms with Crippen LogP contribution in [0.4, 0.5) is 13.2 Å². The molecule has 3 atom stereocenters. The van der Waals surface area contributed by atoms with Gasteiger partial charge in [0.05, 0.1) is 6.10 Å². The molecule has 0 saturated heterocycles. The Morgan fingerprint density at radius 3 is 1.96 bits per heavy atom. The average molecular weight is 380 g/mol. The van der Waals surface area contributed by atoms with Crippen molar-refractivity contribution in [3.05, 3.63) is 35.9 Å². The van der Waals surface area contributed by atoms with Gasteiger partial charge in [-0.05, 0) is 12.5 Å². The van der Waals surface area contributed by atoms with Gasteiger partial charge in [0, 0.05) is 6.42 Å². The van der Waals surface area contributed by atoms with E-state index in [4.69, 9.17) is 20.7 Å². The molecule has 1 aromatic carbocycles. The van der Waals surface area contributed by atoms with Crippen LogP contribution in [0.2, 0.25) is 0 Å². The minimum Gasteiger partial charge on any atom is -0.480 e. The van der Waals surface area contributed by atoms with Gasteiger partial charge in [0.15, 0.2) is 0 Å². The Bertz CT molecular complexity index is 607. The van der Waals surface area contributed by atoms with Crippen LogP contribution in [-0.4, -0.2) is 57.5 Å². The molecule has 0 aliphatic carbocycles. The molecule has 0 heterocycles. The molecule has 0 spiro atoms. The van der Waals surface area contributed by atoms with Crippen molar-refractivity contribution >= 4 is 17.8 Å². The van der Waals surface area contributed by atoms with Crippen molar-refractivity contribution in [2.45, 2.75) is 37.7 Å². The summed E-state index contributed by atoms with van der Waals surface area (Å²) in [6.45, 7) is 1.37. The van der Waals surface area contributed by atoms with Gasteiger partial charge in [-0.25, -0.2) is 9.59 Å². The van der Waals surface area contributed by atoms with Crippen LogP contribution >= 0.6 is 0 Å². The van der Waals surface area contributed by atoms with Gasteiger partial charge in [-0.3, -0.25) is 4.79 Å². The first kappa shape index (κ1) is 23.3. The maximum Gasteiger partial charge on any atom is 0.490 e. The van der Waals surface area contributed by atoms with Crippen LogP contribution < -0.4 is 11.1 Å². The van der Waals surface area contributed by atoms with Crippen LogP contribution in [0.3, 0.4) is 0 Å². The molecular formula is C15H19F3N2O6. The lowest BCUT2D eigenvalue weighted by atomic mass is 10.1. The molecule has 1 amide bonds. The number of amides is 1. The first-order valence-corrected chi connectivity index (χ1v) is 7.17. The molecule has 146 valence electrons. The first-order valence-electron chi connectivity index (χ1n) is 7.17. The second kappa shape index (κ2) is 10.4. The number of carbonyl (C=O) groups excluding carboxylic acids is 1. The van der Waals surface area contributed by atoms with Crippen molar-refractivity contribution in [2.24, 2.45) is 5.73 Å². The van der Waals surface area contributed by atoms with Gasteiger partial charge in [0.2, 0.25) is 5.91 Å². The van der Waals surface area contributed by atoms with E-state index in [1.54, 1.807) is 24.3 Å². The molecule has 1 rings (SSSR count). The van der Waals surface area contributed by atoms with E-state index in [2.05, 4.69) is 5.32 Å². The number of nitrogens with two attached hydrogens (primary N) is 1. The summed E-state index contributed by atoms with van der Waals surface area (Å²) in [6.07, 6.45) is -5.96. The van der Waals surface area contributed by atoms with E-state index in [0.29, 0.717) is 0 Å². The van der Waals surface area contributed by atoms with E-state index in [1.807, 2.05) is 6.07 Å². The van der Waals surface area contributed by atoms with E-state index >= 15 is 0 Å². The van der Waals surface area contributed by atoms with Crippen LogP contribution in [0.5, 0.6) is 0 Å². The molecule has 1 aromatic rings. The molecule has 26 heavy (non-hydrogen) atoms. The topological polar surface area (TPSA) is 150 Å². The summed E-state index contributed by atoms with van der Waals surface area (Å²) in [5.74, 6) is -4.58. The lowest BCUT2D eigenvalue weighted by Gasteiger charge is -2.19. The first-order chi connectivity index (χ1) is 11.9. The van der Waals surface area contributed by atoms with E-state index in [1.165, 1.54) is 6.92 Å². The number of aliphatic carboxylic acids is 2. The number of hydrogen-bond acceptors (Lipinski definition) is 5. The number of aliphatic hydroxyl groups excluding tert-OH is 1.